The summed E-state index contributed by atoms with van der Waals surface area (Å²) in [4.78, 5) is 47.9. The molecule has 9 heteroatoms. The summed E-state index contributed by atoms with van der Waals surface area (Å²) in [6.07, 6.45) is 0. The minimum absolute atomic E-state index is 0.361. The van der Waals surface area contributed by atoms with Crippen LogP contribution in [0.25, 0.3) is 0 Å². The van der Waals surface area contributed by atoms with Crippen LogP contribution in [0.15, 0.2) is 48.5 Å². The molecule has 0 saturated heterocycles. The van der Waals surface area contributed by atoms with E-state index < -0.39 is 47.4 Å². The van der Waals surface area contributed by atoms with Gasteiger partial charge in [-0.05, 0) is 43.3 Å². The average molecular weight is 426 g/mol. The summed E-state index contributed by atoms with van der Waals surface area (Å²) in [5.41, 5.74) is 1.46. The highest BCUT2D eigenvalue weighted by Crippen LogP contribution is 2.47. The molecule has 1 aliphatic rings. The minimum Gasteiger partial charge on any atom is -0.481 e. The Balaban J connectivity index is 1.73. The second-order valence-corrected chi connectivity index (χ2v) is 7.32. The number of nitrogens with one attached hydrogen (secondary N) is 2. The van der Waals surface area contributed by atoms with Gasteiger partial charge in [0, 0.05) is 12.7 Å². The number of carbonyl (C=O) groups excluding carboxylic acids is 2. The Morgan fingerprint density at radius 3 is 1.65 bits per heavy atom. The lowest BCUT2D eigenvalue weighted by Gasteiger charge is -2.45. The van der Waals surface area contributed by atoms with Crippen LogP contribution in [0, 0.1) is 30.6 Å². The first-order chi connectivity index (χ1) is 14.7. The summed E-state index contributed by atoms with van der Waals surface area (Å²) in [6.45, 7) is 1.96. The van der Waals surface area contributed by atoms with E-state index in [2.05, 4.69) is 10.6 Å². The van der Waals surface area contributed by atoms with E-state index in [0.717, 1.165) is 5.56 Å². The standard InChI is InChI=1S/C22H22N2O7/c1-11-3-7-13(8-4-11)31-14-9-5-12(6-10-14)24-20(26)16-15(19(25)23-2)17(21(27)28)18(16)22(29)30/h3-10,15-18H,1-2H3,(H,23,25)(H,24,26)(H,27,28)(H,29,30). The number of benzene rings is 2. The number of amides is 2. The quantitative estimate of drug-likeness (QED) is 0.531. The molecule has 2 aromatic carbocycles. The van der Waals surface area contributed by atoms with Crippen molar-refractivity contribution >= 4 is 29.4 Å². The Bertz CT molecular complexity index is 1000. The van der Waals surface area contributed by atoms with Crippen LogP contribution in [0.3, 0.4) is 0 Å². The number of carboxylic acids is 2. The molecule has 4 atom stereocenters. The third-order valence-corrected chi connectivity index (χ3v) is 5.35. The molecule has 162 valence electrons. The fraction of sp³-hybridized carbons (Fsp3) is 0.273. The van der Waals surface area contributed by atoms with Crippen LogP contribution in [-0.4, -0.2) is 41.0 Å². The molecular formula is C22H22N2O7. The number of carbonyl (C=O) groups is 4. The molecule has 4 N–H and O–H groups in total. The molecule has 0 aliphatic heterocycles. The van der Waals surface area contributed by atoms with Crippen molar-refractivity contribution in [3.63, 3.8) is 0 Å². The van der Waals surface area contributed by atoms with E-state index in [1.165, 1.54) is 7.05 Å². The maximum Gasteiger partial charge on any atom is 0.308 e. The van der Waals surface area contributed by atoms with Gasteiger partial charge in [0.15, 0.2) is 0 Å². The summed E-state index contributed by atoms with van der Waals surface area (Å²) in [5.74, 6) is -8.65. The van der Waals surface area contributed by atoms with Gasteiger partial charge in [0.25, 0.3) is 0 Å². The Labute approximate surface area is 178 Å². The Kier molecular flexibility index (Phi) is 6.24. The van der Waals surface area contributed by atoms with Crippen molar-refractivity contribution in [2.24, 2.45) is 23.7 Å². The lowest BCUT2D eigenvalue weighted by molar-refractivity contribution is -0.180. The molecule has 31 heavy (non-hydrogen) atoms. The van der Waals surface area contributed by atoms with Crippen LogP contribution < -0.4 is 15.4 Å². The molecule has 9 nitrogen and oxygen atoms in total. The zero-order valence-electron chi connectivity index (χ0n) is 16.9. The van der Waals surface area contributed by atoms with E-state index in [1.54, 1.807) is 24.3 Å². The predicted octanol–water partition coefficient (Wildman–Crippen LogP) is 2.12. The zero-order valence-corrected chi connectivity index (χ0v) is 16.9. The third kappa shape index (κ3) is 4.50. The van der Waals surface area contributed by atoms with Gasteiger partial charge in [-0.3, -0.25) is 19.2 Å². The second-order valence-electron chi connectivity index (χ2n) is 7.32. The van der Waals surface area contributed by atoms with E-state index >= 15 is 0 Å². The van der Waals surface area contributed by atoms with Crippen molar-refractivity contribution < 1.29 is 34.1 Å². The Morgan fingerprint density at radius 1 is 0.742 bits per heavy atom. The van der Waals surface area contributed by atoms with Crippen LogP contribution >= 0.6 is 0 Å². The maximum absolute atomic E-state index is 12.7. The molecule has 0 spiro atoms. The SMILES string of the molecule is CNC(=O)C1C(C(=O)O)C(C(=O)O)C1C(=O)Nc1ccc(Oc2ccc(C)cc2)cc1. The average Bonchev–Trinajstić information content (AvgIpc) is 2.69. The van der Waals surface area contributed by atoms with Crippen molar-refractivity contribution in [3.05, 3.63) is 54.1 Å². The van der Waals surface area contributed by atoms with Crippen LogP contribution in [-0.2, 0) is 19.2 Å². The van der Waals surface area contributed by atoms with E-state index in [1.807, 2.05) is 31.2 Å². The number of hydrogen-bond acceptors (Lipinski definition) is 5. The molecule has 0 radical (unpaired) electrons. The first kappa shape index (κ1) is 21.8. The van der Waals surface area contributed by atoms with E-state index in [0.29, 0.717) is 17.2 Å². The molecule has 0 aromatic heterocycles. The maximum atomic E-state index is 12.7. The van der Waals surface area contributed by atoms with Gasteiger partial charge < -0.3 is 25.6 Å². The van der Waals surface area contributed by atoms with Crippen molar-refractivity contribution in [1.82, 2.24) is 5.32 Å². The number of carboxylic acid groups (broad SMARTS) is 2. The molecule has 4 unspecified atom stereocenters. The highest BCUT2D eigenvalue weighted by atomic mass is 16.5. The van der Waals surface area contributed by atoms with Gasteiger partial charge in [-0.15, -0.1) is 0 Å². The normalized spacial score (nSPS) is 22.0. The molecule has 2 aromatic rings. The molecule has 2 amide bonds. The van der Waals surface area contributed by atoms with Crippen molar-refractivity contribution in [2.45, 2.75) is 6.92 Å². The first-order valence-corrected chi connectivity index (χ1v) is 9.55. The Morgan fingerprint density at radius 2 is 1.19 bits per heavy atom. The van der Waals surface area contributed by atoms with E-state index in [-0.39, 0.29) is 0 Å². The summed E-state index contributed by atoms with van der Waals surface area (Å²) >= 11 is 0. The number of hydrogen-bond donors (Lipinski definition) is 4. The van der Waals surface area contributed by atoms with Crippen molar-refractivity contribution in [1.29, 1.82) is 0 Å². The molecule has 3 rings (SSSR count). The smallest absolute Gasteiger partial charge is 0.308 e. The molecule has 1 aliphatic carbocycles. The fourth-order valence-corrected chi connectivity index (χ4v) is 3.76. The first-order valence-electron chi connectivity index (χ1n) is 9.55. The molecule has 0 bridgehead atoms. The number of anilines is 1. The number of aliphatic carboxylic acids is 2. The van der Waals surface area contributed by atoms with Crippen LogP contribution in [0.5, 0.6) is 11.5 Å². The fourth-order valence-electron chi connectivity index (χ4n) is 3.76. The molecule has 1 saturated carbocycles. The highest BCUT2D eigenvalue weighted by molar-refractivity contribution is 6.03. The second kappa shape index (κ2) is 8.86. The molecule has 0 heterocycles. The molecular weight excluding hydrogens is 404 g/mol. The van der Waals surface area contributed by atoms with Crippen molar-refractivity contribution in [3.8, 4) is 11.5 Å². The summed E-state index contributed by atoms with van der Waals surface area (Å²) in [7, 11) is 1.30. The topological polar surface area (TPSA) is 142 Å². The van der Waals surface area contributed by atoms with Gasteiger partial charge >= 0.3 is 11.9 Å². The van der Waals surface area contributed by atoms with Crippen molar-refractivity contribution in [2.75, 3.05) is 12.4 Å². The van der Waals surface area contributed by atoms with Gasteiger partial charge in [-0.1, -0.05) is 17.7 Å². The predicted molar refractivity (Wildman–Crippen MR) is 110 cm³/mol. The third-order valence-electron chi connectivity index (χ3n) is 5.35. The van der Waals surface area contributed by atoms with Gasteiger partial charge in [0.1, 0.15) is 11.5 Å². The van der Waals surface area contributed by atoms with E-state index in [4.69, 9.17) is 4.74 Å². The van der Waals surface area contributed by atoms with Gasteiger partial charge in [0.05, 0.1) is 23.7 Å². The minimum atomic E-state index is -1.50. The summed E-state index contributed by atoms with van der Waals surface area (Å²) < 4.78 is 5.72. The number of ether oxygens (including phenoxy) is 1. The van der Waals surface area contributed by atoms with Gasteiger partial charge in [-0.2, -0.15) is 0 Å². The molecule has 1 fully saturated rings. The lowest BCUT2D eigenvalue weighted by Crippen LogP contribution is -2.62. The number of aryl methyl sites for hydroxylation is 1. The van der Waals surface area contributed by atoms with Gasteiger partial charge in [-0.25, -0.2) is 0 Å². The zero-order chi connectivity index (χ0) is 22.7. The highest BCUT2D eigenvalue weighted by Gasteiger charge is 2.63. The van der Waals surface area contributed by atoms with Crippen LogP contribution in [0.4, 0.5) is 5.69 Å². The number of rotatable bonds is 7. The monoisotopic (exact) mass is 426 g/mol. The largest absolute Gasteiger partial charge is 0.481 e. The van der Waals surface area contributed by atoms with E-state index in [9.17, 15) is 29.4 Å². The summed E-state index contributed by atoms with van der Waals surface area (Å²) in [6, 6.07) is 13.9. The Hall–Kier alpha value is -3.88. The van der Waals surface area contributed by atoms with Gasteiger partial charge in [0.2, 0.25) is 11.8 Å². The summed E-state index contributed by atoms with van der Waals surface area (Å²) in [5, 5.41) is 23.6. The van der Waals surface area contributed by atoms with Crippen LogP contribution in [0.1, 0.15) is 5.56 Å². The lowest BCUT2D eigenvalue weighted by atomic mass is 9.55. The van der Waals surface area contributed by atoms with Crippen LogP contribution in [0.2, 0.25) is 0 Å².